The van der Waals surface area contributed by atoms with Gasteiger partial charge in [-0.1, -0.05) is 0 Å². The summed E-state index contributed by atoms with van der Waals surface area (Å²) in [6.45, 7) is 1.56. The van der Waals surface area contributed by atoms with Crippen LogP contribution in [0.15, 0.2) is 41.0 Å². The molecule has 1 aliphatic heterocycles. The van der Waals surface area contributed by atoms with E-state index in [-0.39, 0.29) is 51.4 Å². The predicted molar refractivity (Wildman–Crippen MR) is 114 cm³/mol. The highest BCUT2D eigenvalue weighted by Gasteiger charge is 2.32. The van der Waals surface area contributed by atoms with Crippen LogP contribution in [0.3, 0.4) is 0 Å². The quantitative estimate of drug-likeness (QED) is 0.360. The van der Waals surface area contributed by atoms with Crippen molar-refractivity contribution in [2.45, 2.75) is 6.92 Å². The van der Waals surface area contributed by atoms with Gasteiger partial charge in [0.25, 0.3) is 17.3 Å². The van der Waals surface area contributed by atoms with E-state index < -0.39 is 15.8 Å². The van der Waals surface area contributed by atoms with Crippen LogP contribution in [0.4, 0.5) is 17.1 Å². The molecule has 12 heteroatoms. The van der Waals surface area contributed by atoms with Crippen molar-refractivity contribution in [3.8, 4) is 17.2 Å². The lowest BCUT2D eigenvalue weighted by molar-refractivity contribution is -0.385. The van der Waals surface area contributed by atoms with Gasteiger partial charge in [-0.3, -0.25) is 29.9 Å². The summed E-state index contributed by atoms with van der Waals surface area (Å²) >= 11 is 0. The average molecular weight is 442 g/mol. The fraction of sp³-hybridized carbons (Fsp3) is 0.200. The zero-order valence-electron chi connectivity index (χ0n) is 17.5. The van der Waals surface area contributed by atoms with Crippen LogP contribution >= 0.6 is 0 Å². The SMILES string of the molecule is COc1cc(/C=C2\N=C(C)N(c3ccc([N+](=O)[O-])cc3OC)C2=O)c([N+](=O)[O-])cc1OC. The Balaban J connectivity index is 2.08. The zero-order valence-corrected chi connectivity index (χ0v) is 17.5. The molecule has 0 saturated heterocycles. The number of rotatable bonds is 7. The van der Waals surface area contributed by atoms with Gasteiger partial charge in [0.05, 0.1) is 54.6 Å². The van der Waals surface area contributed by atoms with E-state index in [0.29, 0.717) is 0 Å². The molecular weight excluding hydrogens is 424 g/mol. The minimum absolute atomic E-state index is 0.0711. The number of anilines is 1. The van der Waals surface area contributed by atoms with Crippen LogP contribution in [0.2, 0.25) is 0 Å². The van der Waals surface area contributed by atoms with Gasteiger partial charge >= 0.3 is 0 Å². The first-order valence-electron chi connectivity index (χ1n) is 9.06. The summed E-state index contributed by atoms with van der Waals surface area (Å²) < 4.78 is 15.5. The van der Waals surface area contributed by atoms with E-state index in [4.69, 9.17) is 14.2 Å². The molecule has 32 heavy (non-hydrogen) atoms. The van der Waals surface area contributed by atoms with Crippen LogP contribution in [0.25, 0.3) is 6.08 Å². The summed E-state index contributed by atoms with van der Waals surface area (Å²) in [5.74, 6) is 0.178. The molecular formula is C20H18N4O8. The van der Waals surface area contributed by atoms with Gasteiger partial charge < -0.3 is 14.2 Å². The van der Waals surface area contributed by atoms with E-state index in [9.17, 15) is 25.0 Å². The summed E-state index contributed by atoms with van der Waals surface area (Å²) in [4.78, 5) is 39.9. The summed E-state index contributed by atoms with van der Waals surface area (Å²) in [5, 5.41) is 22.6. The molecule has 0 saturated carbocycles. The lowest BCUT2D eigenvalue weighted by atomic mass is 10.1. The number of carbonyl (C=O) groups excluding carboxylic acids is 1. The molecule has 0 N–H and O–H groups in total. The van der Waals surface area contributed by atoms with Crippen molar-refractivity contribution in [2.24, 2.45) is 4.99 Å². The van der Waals surface area contributed by atoms with E-state index >= 15 is 0 Å². The maximum Gasteiger partial charge on any atom is 0.282 e. The third-order valence-electron chi connectivity index (χ3n) is 4.66. The Labute approximate surface area is 181 Å². The molecule has 1 heterocycles. The molecule has 0 spiro atoms. The molecule has 1 amide bonds. The fourth-order valence-electron chi connectivity index (χ4n) is 3.18. The number of hydrogen-bond donors (Lipinski definition) is 0. The first-order chi connectivity index (χ1) is 15.2. The monoisotopic (exact) mass is 442 g/mol. The van der Waals surface area contributed by atoms with Crippen molar-refractivity contribution < 1.29 is 28.9 Å². The van der Waals surface area contributed by atoms with Crippen molar-refractivity contribution in [3.63, 3.8) is 0 Å². The van der Waals surface area contributed by atoms with Crippen molar-refractivity contribution >= 4 is 34.9 Å². The number of ether oxygens (including phenoxy) is 3. The number of aliphatic imine (C=N–C) groups is 1. The summed E-state index contributed by atoms with van der Waals surface area (Å²) in [5.41, 5.74) is -0.247. The minimum Gasteiger partial charge on any atom is -0.494 e. The molecule has 0 unspecified atom stereocenters. The summed E-state index contributed by atoms with van der Waals surface area (Å²) in [7, 11) is 4.05. The largest absolute Gasteiger partial charge is 0.494 e. The zero-order chi connectivity index (χ0) is 23.6. The Morgan fingerprint density at radius 3 is 2.12 bits per heavy atom. The van der Waals surface area contributed by atoms with Crippen LogP contribution in [0.1, 0.15) is 12.5 Å². The Morgan fingerprint density at radius 1 is 0.938 bits per heavy atom. The first-order valence-corrected chi connectivity index (χ1v) is 9.06. The first kappa shape index (κ1) is 22.2. The van der Waals surface area contributed by atoms with E-state index in [0.717, 1.165) is 0 Å². The minimum atomic E-state index is -0.610. The van der Waals surface area contributed by atoms with Crippen molar-refractivity contribution in [3.05, 3.63) is 61.8 Å². The predicted octanol–water partition coefficient (Wildman–Crippen LogP) is 3.33. The molecule has 0 aliphatic carbocycles. The summed E-state index contributed by atoms with van der Waals surface area (Å²) in [6, 6.07) is 6.36. The Bertz CT molecular complexity index is 1190. The molecule has 0 fully saturated rings. The Morgan fingerprint density at radius 2 is 1.56 bits per heavy atom. The molecule has 2 aromatic carbocycles. The van der Waals surface area contributed by atoms with Crippen LogP contribution in [0, 0.1) is 20.2 Å². The van der Waals surface area contributed by atoms with Gasteiger partial charge in [-0.25, -0.2) is 4.99 Å². The topological polar surface area (TPSA) is 147 Å². The molecule has 1 aliphatic rings. The van der Waals surface area contributed by atoms with Crippen LogP contribution in [0.5, 0.6) is 17.2 Å². The second-order valence-electron chi connectivity index (χ2n) is 6.47. The number of amides is 1. The van der Waals surface area contributed by atoms with E-state index in [2.05, 4.69) is 4.99 Å². The van der Waals surface area contributed by atoms with Gasteiger partial charge in [-0.05, 0) is 25.1 Å². The number of nitro groups is 2. The third kappa shape index (κ3) is 3.93. The number of amidine groups is 1. The van der Waals surface area contributed by atoms with Gasteiger partial charge in [0.2, 0.25) is 0 Å². The van der Waals surface area contributed by atoms with Crippen LogP contribution in [-0.2, 0) is 4.79 Å². The molecule has 166 valence electrons. The second-order valence-corrected chi connectivity index (χ2v) is 6.47. The van der Waals surface area contributed by atoms with Gasteiger partial charge in [0.1, 0.15) is 17.3 Å². The molecule has 0 atom stereocenters. The normalized spacial score (nSPS) is 14.4. The molecule has 0 radical (unpaired) electrons. The number of methoxy groups -OCH3 is 3. The van der Waals surface area contributed by atoms with Gasteiger partial charge in [0, 0.05) is 6.07 Å². The van der Waals surface area contributed by atoms with E-state index in [1.165, 1.54) is 62.6 Å². The van der Waals surface area contributed by atoms with Crippen molar-refractivity contribution in [2.75, 3.05) is 26.2 Å². The Hall–Kier alpha value is -4.48. The third-order valence-corrected chi connectivity index (χ3v) is 4.66. The maximum atomic E-state index is 13.1. The average Bonchev–Trinajstić information content (AvgIpc) is 3.05. The van der Waals surface area contributed by atoms with E-state index in [1.54, 1.807) is 6.92 Å². The molecule has 0 aromatic heterocycles. The number of nitro benzene ring substituents is 2. The van der Waals surface area contributed by atoms with Crippen molar-refractivity contribution in [1.82, 2.24) is 0 Å². The number of nitrogens with zero attached hydrogens (tertiary/aromatic N) is 4. The lowest BCUT2D eigenvalue weighted by Gasteiger charge is -2.18. The molecule has 12 nitrogen and oxygen atoms in total. The van der Waals surface area contributed by atoms with Gasteiger partial charge in [0.15, 0.2) is 11.5 Å². The molecule has 0 bridgehead atoms. The number of carbonyl (C=O) groups is 1. The number of benzene rings is 2. The lowest BCUT2D eigenvalue weighted by Crippen LogP contribution is -2.30. The Kier molecular flexibility index (Phi) is 6.05. The highest BCUT2D eigenvalue weighted by Crippen LogP contribution is 2.38. The van der Waals surface area contributed by atoms with Crippen LogP contribution in [-0.4, -0.2) is 42.9 Å². The number of non-ortho nitro benzene ring substituents is 1. The standard InChI is InChI=1S/C20H18N4O8/c1-11-21-14(7-12-8-18(31-3)19(32-4)10-16(12)24(28)29)20(25)22(11)15-6-5-13(23(26)27)9-17(15)30-2/h5-10H,1-4H3/b14-7-. The van der Waals surface area contributed by atoms with Gasteiger partial charge in [-0.15, -0.1) is 0 Å². The number of hydrogen-bond acceptors (Lipinski definition) is 9. The van der Waals surface area contributed by atoms with Gasteiger partial charge in [-0.2, -0.15) is 0 Å². The summed E-state index contributed by atoms with van der Waals surface area (Å²) in [6.07, 6.45) is 1.27. The maximum absolute atomic E-state index is 13.1. The van der Waals surface area contributed by atoms with Crippen molar-refractivity contribution in [1.29, 1.82) is 0 Å². The molecule has 3 rings (SSSR count). The highest BCUT2D eigenvalue weighted by atomic mass is 16.6. The smallest absolute Gasteiger partial charge is 0.282 e. The highest BCUT2D eigenvalue weighted by molar-refractivity contribution is 6.28. The second kappa shape index (κ2) is 8.71. The molecule has 2 aromatic rings. The van der Waals surface area contributed by atoms with E-state index in [1.807, 2.05) is 0 Å². The van der Waals surface area contributed by atoms with Crippen LogP contribution < -0.4 is 19.1 Å². The fourth-order valence-corrected chi connectivity index (χ4v) is 3.18.